The molecule has 0 rings (SSSR count). The number of hydrogen-bond donors (Lipinski definition) is 1. The van der Waals surface area contributed by atoms with Gasteiger partial charge in [0.2, 0.25) is 5.91 Å². The SMILES string of the molecule is COCCCCNC(=O)C(C)(C)Br. The summed E-state index contributed by atoms with van der Waals surface area (Å²) < 4.78 is 4.43. The first-order valence-corrected chi connectivity index (χ1v) is 5.24. The summed E-state index contributed by atoms with van der Waals surface area (Å²) in [6.07, 6.45) is 1.95. The average molecular weight is 252 g/mol. The van der Waals surface area contributed by atoms with Crippen molar-refractivity contribution in [2.24, 2.45) is 0 Å². The van der Waals surface area contributed by atoms with Crippen LogP contribution >= 0.6 is 15.9 Å². The molecule has 0 saturated carbocycles. The predicted octanol–water partition coefficient (Wildman–Crippen LogP) is 1.70. The zero-order valence-corrected chi connectivity index (χ0v) is 10.1. The Labute approximate surface area is 88.4 Å². The van der Waals surface area contributed by atoms with Crippen LogP contribution in [0.25, 0.3) is 0 Å². The van der Waals surface area contributed by atoms with E-state index in [1.807, 2.05) is 13.8 Å². The maximum atomic E-state index is 11.3. The van der Waals surface area contributed by atoms with Crippen molar-refractivity contribution in [3.8, 4) is 0 Å². The lowest BCUT2D eigenvalue weighted by atomic mass is 10.2. The first-order chi connectivity index (χ1) is 5.98. The summed E-state index contributed by atoms with van der Waals surface area (Å²) in [5.74, 6) is 0.0323. The fraction of sp³-hybridized carbons (Fsp3) is 0.889. The molecule has 0 spiro atoms. The highest BCUT2D eigenvalue weighted by Gasteiger charge is 2.22. The third kappa shape index (κ3) is 7.02. The molecule has 0 aliphatic rings. The monoisotopic (exact) mass is 251 g/mol. The van der Waals surface area contributed by atoms with Gasteiger partial charge in [0, 0.05) is 20.3 Å². The second kappa shape index (κ2) is 6.38. The number of unbranched alkanes of at least 4 members (excludes halogenated alkanes) is 1. The fourth-order valence-corrected chi connectivity index (χ4v) is 0.924. The molecular weight excluding hydrogens is 234 g/mol. The van der Waals surface area contributed by atoms with Gasteiger partial charge in [-0.3, -0.25) is 4.79 Å². The van der Waals surface area contributed by atoms with Gasteiger partial charge in [-0.2, -0.15) is 0 Å². The zero-order valence-electron chi connectivity index (χ0n) is 8.52. The number of nitrogens with one attached hydrogen (secondary N) is 1. The number of hydrogen-bond acceptors (Lipinski definition) is 2. The highest BCUT2D eigenvalue weighted by Crippen LogP contribution is 2.14. The molecule has 0 unspecified atom stereocenters. The highest BCUT2D eigenvalue weighted by molar-refractivity contribution is 9.10. The van der Waals surface area contributed by atoms with E-state index in [1.54, 1.807) is 7.11 Å². The van der Waals surface area contributed by atoms with Crippen LogP contribution in [0.4, 0.5) is 0 Å². The van der Waals surface area contributed by atoms with E-state index < -0.39 is 4.32 Å². The normalized spacial score (nSPS) is 11.4. The van der Waals surface area contributed by atoms with Crippen molar-refractivity contribution in [3.05, 3.63) is 0 Å². The van der Waals surface area contributed by atoms with Crippen LogP contribution in [0.3, 0.4) is 0 Å². The molecule has 78 valence electrons. The van der Waals surface area contributed by atoms with E-state index in [9.17, 15) is 4.79 Å². The standard InChI is InChI=1S/C9H18BrNO2/c1-9(2,10)8(12)11-6-4-5-7-13-3/h4-7H2,1-3H3,(H,11,12). The molecule has 0 atom stereocenters. The van der Waals surface area contributed by atoms with Crippen molar-refractivity contribution in [2.75, 3.05) is 20.3 Å². The molecule has 0 aromatic rings. The third-order valence-corrected chi connectivity index (χ3v) is 1.96. The van der Waals surface area contributed by atoms with E-state index in [0.29, 0.717) is 0 Å². The lowest BCUT2D eigenvalue weighted by molar-refractivity contribution is -0.122. The first kappa shape index (κ1) is 12.9. The van der Waals surface area contributed by atoms with Gasteiger partial charge < -0.3 is 10.1 Å². The van der Waals surface area contributed by atoms with Crippen LogP contribution < -0.4 is 5.32 Å². The molecule has 0 aromatic carbocycles. The largest absolute Gasteiger partial charge is 0.385 e. The van der Waals surface area contributed by atoms with Crippen LogP contribution in [-0.4, -0.2) is 30.5 Å². The van der Waals surface area contributed by atoms with Gasteiger partial charge in [-0.25, -0.2) is 0 Å². The van der Waals surface area contributed by atoms with Gasteiger partial charge in [0.15, 0.2) is 0 Å². The van der Waals surface area contributed by atoms with Crippen molar-refractivity contribution < 1.29 is 9.53 Å². The maximum absolute atomic E-state index is 11.3. The van der Waals surface area contributed by atoms with Crippen LogP contribution in [0.2, 0.25) is 0 Å². The minimum absolute atomic E-state index is 0.0323. The lowest BCUT2D eigenvalue weighted by Crippen LogP contribution is -2.38. The van der Waals surface area contributed by atoms with E-state index in [0.717, 1.165) is 26.0 Å². The number of carbonyl (C=O) groups is 1. The Morgan fingerprint density at radius 1 is 1.46 bits per heavy atom. The minimum Gasteiger partial charge on any atom is -0.385 e. The number of methoxy groups -OCH3 is 1. The molecule has 0 bridgehead atoms. The van der Waals surface area contributed by atoms with Crippen LogP contribution in [0, 0.1) is 0 Å². The molecule has 4 heteroatoms. The average Bonchev–Trinajstić information content (AvgIpc) is 2.02. The van der Waals surface area contributed by atoms with E-state index in [1.165, 1.54) is 0 Å². The van der Waals surface area contributed by atoms with E-state index in [-0.39, 0.29) is 5.91 Å². The molecule has 1 amide bonds. The summed E-state index contributed by atoms with van der Waals surface area (Å²) in [6, 6.07) is 0. The van der Waals surface area contributed by atoms with Crippen molar-refractivity contribution in [3.63, 3.8) is 0 Å². The first-order valence-electron chi connectivity index (χ1n) is 4.44. The number of carbonyl (C=O) groups excluding carboxylic acids is 1. The summed E-state index contributed by atoms with van der Waals surface area (Å²) >= 11 is 3.29. The fourth-order valence-electron chi connectivity index (χ4n) is 0.784. The van der Waals surface area contributed by atoms with E-state index in [4.69, 9.17) is 4.74 Å². The Kier molecular flexibility index (Phi) is 6.33. The molecule has 0 heterocycles. The predicted molar refractivity (Wildman–Crippen MR) is 57.1 cm³/mol. The summed E-state index contributed by atoms with van der Waals surface area (Å²) in [6.45, 7) is 5.14. The Morgan fingerprint density at radius 2 is 2.08 bits per heavy atom. The molecule has 3 nitrogen and oxygen atoms in total. The maximum Gasteiger partial charge on any atom is 0.236 e. The summed E-state index contributed by atoms with van der Waals surface area (Å²) in [5, 5.41) is 2.84. The van der Waals surface area contributed by atoms with E-state index in [2.05, 4.69) is 21.2 Å². The van der Waals surface area contributed by atoms with Crippen LogP contribution in [0.15, 0.2) is 0 Å². The molecular formula is C9H18BrNO2. The summed E-state index contributed by atoms with van der Waals surface area (Å²) in [4.78, 5) is 11.3. The third-order valence-electron chi connectivity index (χ3n) is 1.60. The van der Waals surface area contributed by atoms with Crippen molar-refractivity contribution in [2.45, 2.75) is 31.0 Å². The topological polar surface area (TPSA) is 38.3 Å². The Hall–Kier alpha value is -0.0900. The molecule has 0 fully saturated rings. The number of rotatable bonds is 6. The van der Waals surface area contributed by atoms with Gasteiger partial charge in [-0.1, -0.05) is 15.9 Å². The van der Waals surface area contributed by atoms with Gasteiger partial charge in [-0.05, 0) is 26.7 Å². The smallest absolute Gasteiger partial charge is 0.236 e. The van der Waals surface area contributed by atoms with Gasteiger partial charge >= 0.3 is 0 Å². The molecule has 1 N–H and O–H groups in total. The summed E-state index contributed by atoms with van der Waals surface area (Å²) in [7, 11) is 1.68. The zero-order chi connectivity index (χ0) is 10.3. The number of alkyl halides is 1. The van der Waals surface area contributed by atoms with Crippen molar-refractivity contribution in [1.82, 2.24) is 5.32 Å². The molecule has 0 aliphatic carbocycles. The quantitative estimate of drug-likeness (QED) is 0.577. The second-order valence-electron chi connectivity index (χ2n) is 3.43. The van der Waals surface area contributed by atoms with Gasteiger partial charge in [0.05, 0.1) is 4.32 Å². The van der Waals surface area contributed by atoms with Crippen LogP contribution in [0.5, 0.6) is 0 Å². The van der Waals surface area contributed by atoms with Gasteiger partial charge in [0.25, 0.3) is 0 Å². The number of halogens is 1. The van der Waals surface area contributed by atoms with Crippen LogP contribution in [-0.2, 0) is 9.53 Å². The van der Waals surface area contributed by atoms with Crippen molar-refractivity contribution in [1.29, 1.82) is 0 Å². The lowest BCUT2D eigenvalue weighted by Gasteiger charge is -2.15. The van der Waals surface area contributed by atoms with Crippen molar-refractivity contribution >= 4 is 21.8 Å². The Bertz CT molecular complexity index is 154. The number of ether oxygens (including phenoxy) is 1. The summed E-state index contributed by atoms with van der Waals surface area (Å²) in [5.41, 5.74) is 0. The second-order valence-corrected chi connectivity index (χ2v) is 5.41. The van der Waals surface area contributed by atoms with E-state index >= 15 is 0 Å². The molecule has 0 saturated heterocycles. The number of amides is 1. The van der Waals surface area contributed by atoms with Gasteiger partial charge in [0.1, 0.15) is 0 Å². The molecule has 0 radical (unpaired) electrons. The molecule has 13 heavy (non-hydrogen) atoms. The Balaban J connectivity index is 3.38. The van der Waals surface area contributed by atoms with Crippen LogP contribution in [0.1, 0.15) is 26.7 Å². The Morgan fingerprint density at radius 3 is 2.54 bits per heavy atom. The molecule has 0 aliphatic heterocycles. The highest BCUT2D eigenvalue weighted by atomic mass is 79.9. The minimum atomic E-state index is -0.464. The molecule has 0 aromatic heterocycles. The van der Waals surface area contributed by atoms with Gasteiger partial charge in [-0.15, -0.1) is 0 Å².